The maximum Gasteiger partial charge on any atom is 0.273 e. The fourth-order valence-corrected chi connectivity index (χ4v) is 3.69. The van der Waals surface area contributed by atoms with Crippen LogP contribution < -0.4 is 10.1 Å². The van der Waals surface area contributed by atoms with E-state index in [9.17, 15) is 13.2 Å². The zero-order valence-electron chi connectivity index (χ0n) is 14.8. The number of benzene rings is 3. The highest BCUT2D eigenvalue weighted by molar-refractivity contribution is 7.92. The van der Waals surface area contributed by atoms with Crippen molar-refractivity contribution in [1.29, 1.82) is 0 Å². The van der Waals surface area contributed by atoms with Gasteiger partial charge in [-0.2, -0.15) is 5.10 Å². The van der Waals surface area contributed by atoms with E-state index in [4.69, 9.17) is 23.2 Å². The Bertz CT molecular complexity index is 1150. The van der Waals surface area contributed by atoms with Crippen LogP contribution in [0.4, 0.5) is 5.69 Å². The number of para-hydroxylation sites is 1. The molecule has 0 aromatic heterocycles. The van der Waals surface area contributed by atoms with Gasteiger partial charge in [0.05, 0.1) is 22.4 Å². The second-order valence-electron chi connectivity index (χ2n) is 5.86. The number of nitrogens with one attached hydrogen (secondary N) is 2. The molecule has 0 saturated heterocycles. The molecule has 0 saturated carbocycles. The predicted molar refractivity (Wildman–Crippen MR) is 115 cm³/mol. The maximum absolute atomic E-state index is 12.6. The zero-order chi connectivity index (χ0) is 20.9. The highest BCUT2D eigenvalue weighted by Crippen LogP contribution is 2.21. The van der Waals surface area contributed by atoms with E-state index in [1.165, 1.54) is 42.6 Å². The average Bonchev–Trinajstić information content (AvgIpc) is 2.70. The molecule has 0 fully saturated rings. The first-order chi connectivity index (χ1) is 13.8. The first-order valence-electron chi connectivity index (χ1n) is 8.31. The first kappa shape index (κ1) is 20.9. The lowest BCUT2D eigenvalue weighted by molar-refractivity contribution is 0.0956. The molecule has 9 heteroatoms. The number of nitrogens with zero attached hydrogens (tertiary/aromatic N) is 1. The highest BCUT2D eigenvalue weighted by Gasteiger charge is 2.18. The van der Waals surface area contributed by atoms with Gasteiger partial charge in [0.1, 0.15) is 0 Å². The SMILES string of the molecule is O=C(N/N=C\c1ccc(Cl)cc1)c1ccccc1NS(=O)(=O)c1ccc(Cl)cc1. The van der Waals surface area contributed by atoms with Crippen molar-refractivity contribution in [3.05, 3.63) is 94.0 Å². The minimum atomic E-state index is -3.89. The van der Waals surface area contributed by atoms with Crippen molar-refractivity contribution in [1.82, 2.24) is 5.43 Å². The van der Waals surface area contributed by atoms with Gasteiger partial charge in [-0.1, -0.05) is 47.5 Å². The minimum Gasteiger partial charge on any atom is -0.279 e. The van der Waals surface area contributed by atoms with E-state index >= 15 is 0 Å². The van der Waals surface area contributed by atoms with Gasteiger partial charge in [0.25, 0.3) is 15.9 Å². The molecule has 0 atom stereocenters. The summed E-state index contributed by atoms with van der Waals surface area (Å²) in [5.41, 5.74) is 3.37. The van der Waals surface area contributed by atoms with E-state index in [-0.39, 0.29) is 16.1 Å². The molecule has 3 aromatic carbocycles. The third kappa shape index (κ3) is 5.57. The normalized spacial score (nSPS) is 11.4. The van der Waals surface area contributed by atoms with E-state index < -0.39 is 15.9 Å². The van der Waals surface area contributed by atoms with Crippen molar-refractivity contribution in [3.8, 4) is 0 Å². The molecule has 3 aromatic rings. The summed E-state index contributed by atoms with van der Waals surface area (Å²) in [6, 6.07) is 18.8. The molecule has 0 unspecified atom stereocenters. The molecule has 0 radical (unpaired) electrons. The number of hydrogen-bond acceptors (Lipinski definition) is 4. The van der Waals surface area contributed by atoms with E-state index in [1.807, 2.05) is 0 Å². The van der Waals surface area contributed by atoms with Gasteiger partial charge in [0.2, 0.25) is 0 Å². The van der Waals surface area contributed by atoms with Crippen molar-refractivity contribution in [2.45, 2.75) is 4.90 Å². The van der Waals surface area contributed by atoms with Crippen LogP contribution in [0.5, 0.6) is 0 Å². The highest BCUT2D eigenvalue weighted by atomic mass is 35.5. The van der Waals surface area contributed by atoms with E-state index in [0.717, 1.165) is 5.56 Å². The van der Waals surface area contributed by atoms with Crippen LogP contribution in [0.15, 0.2) is 82.8 Å². The van der Waals surface area contributed by atoms with Crippen LogP contribution in [-0.4, -0.2) is 20.5 Å². The van der Waals surface area contributed by atoms with Crippen LogP contribution in [0.25, 0.3) is 0 Å². The standard InChI is InChI=1S/C20H15Cl2N3O3S/c21-15-7-5-14(6-8-15)13-23-24-20(26)18-3-1-2-4-19(18)25-29(27,28)17-11-9-16(22)10-12-17/h1-13,25H,(H,24,26)/b23-13-. The Morgan fingerprint density at radius 1 is 0.862 bits per heavy atom. The van der Waals surface area contributed by atoms with Gasteiger partial charge in [-0.15, -0.1) is 0 Å². The molecular weight excluding hydrogens is 433 g/mol. The Kier molecular flexibility index (Phi) is 6.53. The van der Waals surface area contributed by atoms with Gasteiger partial charge in [0.15, 0.2) is 0 Å². The van der Waals surface area contributed by atoms with Crippen molar-refractivity contribution in [2.24, 2.45) is 5.10 Å². The molecule has 2 N–H and O–H groups in total. The summed E-state index contributed by atoms with van der Waals surface area (Å²) in [6.45, 7) is 0. The molecule has 0 spiro atoms. The fourth-order valence-electron chi connectivity index (χ4n) is 2.36. The molecular formula is C20H15Cl2N3O3S. The second kappa shape index (κ2) is 9.09. The van der Waals surface area contributed by atoms with Gasteiger partial charge < -0.3 is 0 Å². The van der Waals surface area contributed by atoms with Crippen LogP contribution in [0.1, 0.15) is 15.9 Å². The molecule has 6 nitrogen and oxygen atoms in total. The summed E-state index contributed by atoms with van der Waals surface area (Å²) in [7, 11) is -3.89. The smallest absolute Gasteiger partial charge is 0.273 e. The minimum absolute atomic E-state index is 0.0258. The molecule has 0 aliphatic carbocycles. The quantitative estimate of drug-likeness (QED) is 0.428. The second-order valence-corrected chi connectivity index (χ2v) is 8.41. The summed E-state index contributed by atoms with van der Waals surface area (Å²) < 4.78 is 27.6. The van der Waals surface area contributed by atoms with E-state index in [0.29, 0.717) is 10.0 Å². The number of carbonyl (C=O) groups is 1. The molecule has 3 rings (SSSR count). The molecule has 148 valence electrons. The summed E-state index contributed by atoms with van der Waals surface area (Å²) in [5, 5.41) is 4.90. The third-order valence-electron chi connectivity index (χ3n) is 3.79. The molecule has 0 aliphatic rings. The number of carbonyl (C=O) groups excluding carboxylic acids is 1. The van der Waals surface area contributed by atoms with Crippen LogP contribution >= 0.6 is 23.2 Å². The van der Waals surface area contributed by atoms with Crippen molar-refractivity contribution < 1.29 is 13.2 Å². The molecule has 1 amide bonds. The number of hydrogen-bond donors (Lipinski definition) is 2. The zero-order valence-corrected chi connectivity index (χ0v) is 17.2. The Hall–Kier alpha value is -2.87. The molecule has 29 heavy (non-hydrogen) atoms. The summed E-state index contributed by atoms with van der Waals surface area (Å²) >= 11 is 11.6. The van der Waals surface area contributed by atoms with Crippen LogP contribution in [0.2, 0.25) is 10.0 Å². The summed E-state index contributed by atoms with van der Waals surface area (Å²) in [4.78, 5) is 12.5. The van der Waals surface area contributed by atoms with Gasteiger partial charge in [-0.25, -0.2) is 13.8 Å². The van der Waals surface area contributed by atoms with Gasteiger partial charge in [-0.3, -0.25) is 9.52 Å². The van der Waals surface area contributed by atoms with Crippen LogP contribution in [-0.2, 0) is 10.0 Å². The van der Waals surface area contributed by atoms with Gasteiger partial charge >= 0.3 is 0 Å². The van der Waals surface area contributed by atoms with Crippen LogP contribution in [0, 0.1) is 0 Å². The number of hydrazone groups is 1. The van der Waals surface area contributed by atoms with Gasteiger partial charge in [-0.05, 0) is 54.1 Å². The Morgan fingerprint density at radius 3 is 2.10 bits per heavy atom. The topological polar surface area (TPSA) is 87.6 Å². The van der Waals surface area contributed by atoms with E-state index in [1.54, 1.807) is 36.4 Å². The van der Waals surface area contributed by atoms with Gasteiger partial charge in [0, 0.05) is 10.0 Å². The predicted octanol–water partition coefficient (Wildman–Crippen LogP) is 4.56. The number of halogens is 2. The lowest BCUT2D eigenvalue weighted by atomic mass is 10.2. The van der Waals surface area contributed by atoms with E-state index in [2.05, 4.69) is 15.2 Å². The summed E-state index contributed by atoms with van der Waals surface area (Å²) in [5.74, 6) is -0.565. The fraction of sp³-hybridized carbons (Fsp3) is 0. The lowest BCUT2D eigenvalue weighted by Gasteiger charge is -2.11. The monoisotopic (exact) mass is 447 g/mol. The first-order valence-corrected chi connectivity index (χ1v) is 10.6. The maximum atomic E-state index is 12.6. The van der Waals surface area contributed by atoms with Crippen molar-refractivity contribution in [3.63, 3.8) is 0 Å². The lowest BCUT2D eigenvalue weighted by Crippen LogP contribution is -2.21. The molecule has 0 aliphatic heterocycles. The Labute approximate surface area is 178 Å². The Balaban J connectivity index is 1.76. The molecule has 0 bridgehead atoms. The number of rotatable bonds is 6. The Morgan fingerprint density at radius 2 is 1.45 bits per heavy atom. The van der Waals surface area contributed by atoms with Crippen molar-refractivity contribution >= 4 is 51.0 Å². The number of amides is 1. The largest absolute Gasteiger partial charge is 0.279 e. The number of sulfonamides is 1. The van der Waals surface area contributed by atoms with Crippen molar-refractivity contribution in [2.75, 3.05) is 4.72 Å². The third-order valence-corrected chi connectivity index (χ3v) is 5.68. The average molecular weight is 448 g/mol. The van der Waals surface area contributed by atoms with Crippen LogP contribution in [0.3, 0.4) is 0 Å². The number of anilines is 1. The summed E-state index contributed by atoms with van der Waals surface area (Å²) in [6.07, 6.45) is 1.45. The molecule has 0 heterocycles.